The molecule has 0 bridgehead atoms. The molecular weight excluding hydrogens is 312 g/mol. The molecule has 4 heteroatoms. The van der Waals surface area contributed by atoms with Gasteiger partial charge in [-0.15, -0.1) is 0 Å². The smallest absolute Gasteiger partial charge is 0.254 e. The summed E-state index contributed by atoms with van der Waals surface area (Å²) in [6, 6.07) is 17.7. The lowest BCUT2D eigenvalue weighted by Crippen LogP contribution is -2.44. The number of amides is 1. The molecule has 0 saturated carbocycles. The first kappa shape index (κ1) is 15.6. The van der Waals surface area contributed by atoms with Crippen LogP contribution in [0, 0.1) is 0 Å². The fourth-order valence-corrected chi connectivity index (χ4v) is 3.33. The Morgan fingerprint density at radius 3 is 2.68 bits per heavy atom. The van der Waals surface area contributed by atoms with Crippen molar-refractivity contribution in [1.29, 1.82) is 0 Å². The fraction of sp³-hybridized carbons (Fsp3) is 0.238. The lowest BCUT2D eigenvalue weighted by molar-refractivity contribution is 0.0538. The van der Waals surface area contributed by atoms with Crippen LogP contribution < -0.4 is 4.74 Å². The second kappa shape index (κ2) is 6.93. The van der Waals surface area contributed by atoms with Gasteiger partial charge in [0.2, 0.25) is 0 Å². The number of hydrogen-bond acceptors (Lipinski definition) is 3. The van der Waals surface area contributed by atoms with E-state index in [4.69, 9.17) is 4.74 Å². The molecule has 1 aliphatic rings. The molecule has 3 aromatic rings. The Morgan fingerprint density at radius 1 is 1.04 bits per heavy atom. The normalized spacial score (nSPS) is 17.4. The number of aromatic nitrogens is 1. The van der Waals surface area contributed by atoms with E-state index in [9.17, 15) is 4.79 Å². The number of rotatable bonds is 3. The van der Waals surface area contributed by atoms with E-state index in [-0.39, 0.29) is 12.0 Å². The van der Waals surface area contributed by atoms with Crippen LogP contribution in [0.1, 0.15) is 23.2 Å². The lowest BCUT2D eigenvalue weighted by Gasteiger charge is -2.33. The zero-order valence-electron chi connectivity index (χ0n) is 14.0. The van der Waals surface area contributed by atoms with E-state index >= 15 is 0 Å². The highest BCUT2D eigenvalue weighted by Crippen LogP contribution is 2.21. The van der Waals surface area contributed by atoms with Gasteiger partial charge in [0.25, 0.3) is 5.91 Å². The van der Waals surface area contributed by atoms with Crippen LogP contribution in [0.3, 0.4) is 0 Å². The van der Waals surface area contributed by atoms with Crippen molar-refractivity contribution in [1.82, 2.24) is 9.88 Å². The Labute approximate surface area is 147 Å². The number of carbonyl (C=O) groups is 1. The number of ether oxygens (including phenoxy) is 1. The number of carbonyl (C=O) groups excluding carboxylic acids is 1. The van der Waals surface area contributed by atoms with Crippen LogP contribution in [0.25, 0.3) is 10.8 Å². The number of likely N-dealkylation sites (tertiary alicyclic amines) is 1. The van der Waals surface area contributed by atoms with E-state index in [1.165, 1.54) is 0 Å². The van der Waals surface area contributed by atoms with Crippen molar-refractivity contribution in [3.05, 3.63) is 72.6 Å². The molecule has 4 nitrogen and oxygen atoms in total. The molecule has 4 rings (SSSR count). The number of fused-ring (bicyclic) bond motifs is 1. The van der Waals surface area contributed by atoms with Gasteiger partial charge in [0, 0.05) is 24.5 Å². The highest BCUT2D eigenvalue weighted by atomic mass is 16.5. The number of benzene rings is 2. The first-order valence-corrected chi connectivity index (χ1v) is 8.64. The molecular formula is C21H20N2O2. The van der Waals surface area contributed by atoms with Gasteiger partial charge in [-0.2, -0.15) is 0 Å². The molecule has 2 aromatic carbocycles. The average Bonchev–Trinajstić information content (AvgIpc) is 2.68. The summed E-state index contributed by atoms with van der Waals surface area (Å²) in [7, 11) is 0. The molecule has 1 atom stereocenters. The predicted octanol–water partition coefficient (Wildman–Crippen LogP) is 3.92. The number of pyridine rings is 1. The van der Waals surface area contributed by atoms with Crippen LogP contribution in [0.5, 0.6) is 5.75 Å². The van der Waals surface area contributed by atoms with Gasteiger partial charge >= 0.3 is 0 Å². The summed E-state index contributed by atoms with van der Waals surface area (Å²) in [5.41, 5.74) is 0.739. The van der Waals surface area contributed by atoms with Crippen molar-refractivity contribution >= 4 is 16.7 Å². The number of piperidine rings is 1. The molecule has 1 aliphatic heterocycles. The summed E-state index contributed by atoms with van der Waals surface area (Å²) in [5, 5.41) is 2.24. The van der Waals surface area contributed by atoms with Crippen molar-refractivity contribution < 1.29 is 9.53 Å². The third kappa shape index (κ3) is 3.48. The van der Waals surface area contributed by atoms with Crippen LogP contribution in [-0.2, 0) is 0 Å². The first-order valence-electron chi connectivity index (χ1n) is 8.64. The van der Waals surface area contributed by atoms with Gasteiger partial charge in [-0.25, -0.2) is 0 Å². The van der Waals surface area contributed by atoms with Crippen molar-refractivity contribution in [2.75, 3.05) is 13.1 Å². The van der Waals surface area contributed by atoms with Crippen LogP contribution >= 0.6 is 0 Å². The standard InChI is InChI=1S/C21H20N2O2/c24-21(18-8-7-16-4-1-2-5-17(16)14-18)23-13-3-6-20(15-23)25-19-9-11-22-12-10-19/h1-2,4-5,7-12,14,20H,3,6,13,15H2/t20-/m0/s1. The van der Waals surface area contributed by atoms with E-state index in [2.05, 4.69) is 11.1 Å². The molecule has 25 heavy (non-hydrogen) atoms. The van der Waals surface area contributed by atoms with Gasteiger partial charge in [-0.1, -0.05) is 30.3 Å². The van der Waals surface area contributed by atoms with Crippen LogP contribution in [0.15, 0.2) is 67.0 Å². The zero-order chi connectivity index (χ0) is 17.1. The Bertz CT molecular complexity index is 879. The van der Waals surface area contributed by atoms with Gasteiger partial charge in [-0.05, 0) is 47.9 Å². The van der Waals surface area contributed by atoms with E-state index in [1.54, 1.807) is 12.4 Å². The van der Waals surface area contributed by atoms with Gasteiger partial charge in [0.05, 0.1) is 6.54 Å². The van der Waals surface area contributed by atoms with Crippen molar-refractivity contribution in [2.24, 2.45) is 0 Å². The zero-order valence-corrected chi connectivity index (χ0v) is 14.0. The molecule has 1 amide bonds. The van der Waals surface area contributed by atoms with Crippen molar-refractivity contribution in [3.8, 4) is 5.75 Å². The van der Waals surface area contributed by atoms with Crippen molar-refractivity contribution in [2.45, 2.75) is 18.9 Å². The maximum Gasteiger partial charge on any atom is 0.254 e. The summed E-state index contributed by atoms with van der Waals surface area (Å²) in [6.07, 6.45) is 5.38. The molecule has 1 fully saturated rings. The minimum Gasteiger partial charge on any atom is -0.488 e. The molecule has 0 spiro atoms. The molecule has 1 aromatic heterocycles. The topological polar surface area (TPSA) is 42.4 Å². The highest BCUT2D eigenvalue weighted by molar-refractivity contribution is 5.98. The van der Waals surface area contributed by atoms with E-state index < -0.39 is 0 Å². The van der Waals surface area contributed by atoms with Gasteiger partial charge in [-0.3, -0.25) is 9.78 Å². The average molecular weight is 332 g/mol. The second-order valence-corrected chi connectivity index (χ2v) is 6.38. The van der Waals surface area contributed by atoms with E-state index in [1.807, 2.05) is 53.4 Å². The van der Waals surface area contributed by atoms with Gasteiger partial charge in [0.1, 0.15) is 11.9 Å². The van der Waals surface area contributed by atoms with Crippen LogP contribution in [-0.4, -0.2) is 35.0 Å². The summed E-state index contributed by atoms with van der Waals surface area (Å²) < 4.78 is 6.01. The third-order valence-corrected chi connectivity index (χ3v) is 4.61. The summed E-state index contributed by atoms with van der Waals surface area (Å²) >= 11 is 0. The fourth-order valence-electron chi connectivity index (χ4n) is 3.33. The van der Waals surface area contributed by atoms with Gasteiger partial charge in [0.15, 0.2) is 0 Å². The largest absolute Gasteiger partial charge is 0.488 e. The molecule has 1 saturated heterocycles. The predicted molar refractivity (Wildman–Crippen MR) is 97.7 cm³/mol. The maximum absolute atomic E-state index is 12.9. The SMILES string of the molecule is O=C(c1ccc2ccccc2c1)N1CCC[C@H](Oc2ccncc2)C1. The molecule has 0 N–H and O–H groups in total. The Balaban J connectivity index is 1.49. The van der Waals surface area contributed by atoms with Crippen LogP contribution in [0.2, 0.25) is 0 Å². The quantitative estimate of drug-likeness (QED) is 0.730. The van der Waals surface area contributed by atoms with E-state index in [0.717, 1.165) is 41.5 Å². The first-order chi connectivity index (χ1) is 12.3. The third-order valence-electron chi connectivity index (χ3n) is 4.61. The minimum atomic E-state index is 0.0283. The van der Waals surface area contributed by atoms with Gasteiger partial charge < -0.3 is 9.64 Å². The number of hydrogen-bond donors (Lipinski definition) is 0. The Kier molecular flexibility index (Phi) is 4.34. The maximum atomic E-state index is 12.9. The molecule has 2 heterocycles. The highest BCUT2D eigenvalue weighted by Gasteiger charge is 2.25. The molecule has 0 radical (unpaired) electrons. The molecule has 0 aliphatic carbocycles. The van der Waals surface area contributed by atoms with Crippen molar-refractivity contribution in [3.63, 3.8) is 0 Å². The molecule has 0 unspecified atom stereocenters. The lowest BCUT2D eigenvalue weighted by atomic mass is 10.0. The van der Waals surface area contributed by atoms with E-state index in [0.29, 0.717) is 6.54 Å². The molecule has 126 valence electrons. The summed E-state index contributed by atoms with van der Waals surface area (Å²) in [4.78, 5) is 18.8. The summed E-state index contributed by atoms with van der Waals surface area (Å²) in [6.45, 7) is 1.40. The Hall–Kier alpha value is -2.88. The summed E-state index contributed by atoms with van der Waals surface area (Å²) in [5.74, 6) is 0.883. The minimum absolute atomic E-state index is 0.0283. The monoisotopic (exact) mass is 332 g/mol. The second-order valence-electron chi connectivity index (χ2n) is 6.38. The number of nitrogens with zero attached hydrogens (tertiary/aromatic N) is 2. The van der Waals surface area contributed by atoms with Crippen LogP contribution in [0.4, 0.5) is 0 Å². The Morgan fingerprint density at radius 2 is 1.84 bits per heavy atom.